The number of fused-ring (bicyclic) bond motifs is 3. The molecule has 1 heterocycles. The van der Waals surface area contributed by atoms with Crippen LogP contribution >= 0.6 is 34.8 Å². The van der Waals surface area contributed by atoms with Gasteiger partial charge in [-0.2, -0.15) is 0 Å². The first-order chi connectivity index (χ1) is 8.06. The molecule has 1 aromatic heterocycles. The summed E-state index contributed by atoms with van der Waals surface area (Å²) in [5, 5.41) is 3.50. The third kappa shape index (κ3) is 1.70. The number of hydrogen-bond acceptors (Lipinski definition) is 1. The van der Waals surface area contributed by atoms with Crippen LogP contribution in [0.5, 0.6) is 0 Å². The lowest BCUT2D eigenvalue weighted by molar-refractivity contribution is 0.669. The summed E-state index contributed by atoms with van der Waals surface area (Å²) < 4.78 is 5.70. The van der Waals surface area contributed by atoms with Gasteiger partial charge in [-0.3, -0.25) is 0 Å². The molecule has 17 heavy (non-hydrogen) atoms. The van der Waals surface area contributed by atoms with E-state index in [1.165, 1.54) is 0 Å². The summed E-state index contributed by atoms with van der Waals surface area (Å²) in [7, 11) is 0. The second-order valence-corrected chi connectivity index (χ2v) is 5.24. The smallest absolute Gasteiger partial charge is 0.154 e. The Morgan fingerprint density at radius 2 is 1.41 bits per heavy atom. The maximum Gasteiger partial charge on any atom is 0.154 e. The first-order valence-corrected chi connectivity index (χ1v) is 6.17. The van der Waals surface area contributed by atoms with Crippen molar-refractivity contribution in [1.82, 2.24) is 0 Å². The average Bonchev–Trinajstić information content (AvgIpc) is 2.58. The molecule has 3 rings (SSSR count). The summed E-state index contributed by atoms with van der Waals surface area (Å²) in [4.78, 5) is 0. The van der Waals surface area contributed by atoms with Gasteiger partial charge in [0, 0.05) is 15.8 Å². The van der Waals surface area contributed by atoms with Crippen LogP contribution in [0.2, 0.25) is 15.1 Å². The molecule has 1 nitrogen and oxygen atoms in total. The van der Waals surface area contributed by atoms with Crippen molar-refractivity contribution in [2.45, 2.75) is 6.92 Å². The van der Waals surface area contributed by atoms with Gasteiger partial charge in [0.05, 0.1) is 10.0 Å². The quantitative estimate of drug-likeness (QED) is 0.504. The SMILES string of the molecule is Cc1cc(Cl)c2oc3c(Cl)cc(Cl)cc3c2c1. The molecule has 0 bridgehead atoms. The predicted octanol–water partition coefficient (Wildman–Crippen LogP) is 5.85. The highest BCUT2D eigenvalue weighted by Crippen LogP contribution is 2.38. The zero-order chi connectivity index (χ0) is 12.2. The molecule has 0 spiro atoms. The molecule has 0 saturated heterocycles. The van der Waals surface area contributed by atoms with Crippen LogP contribution in [0.1, 0.15) is 5.56 Å². The molecule has 0 aliphatic heterocycles. The minimum absolute atomic E-state index is 0.498. The minimum atomic E-state index is 0.498. The first kappa shape index (κ1) is 11.2. The first-order valence-electron chi connectivity index (χ1n) is 5.03. The van der Waals surface area contributed by atoms with Crippen molar-refractivity contribution in [3.8, 4) is 0 Å². The van der Waals surface area contributed by atoms with Crippen molar-refractivity contribution < 1.29 is 4.42 Å². The van der Waals surface area contributed by atoms with E-state index in [0.717, 1.165) is 16.3 Å². The van der Waals surface area contributed by atoms with Crippen molar-refractivity contribution >= 4 is 56.7 Å². The second-order valence-electron chi connectivity index (χ2n) is 3.99. The minimum Gasteiger partial charge on any atom is -0.453 e. The van der Waals surface area contributed by atoms with Gasteiger partial charge >= 0.3 is 0 Å². The Morgan fingerprint density at radius 1 is 0.824 bits per heavy atom. The summed E-state index contributed by atoms with van der Waals surface area (Å²) in [6.45, 7) is 1.98. The summed E-state index contributed by atoms with van der Waals surface area (Å²) >= 11 is 18.3. The van der Waals surface area contributed by atoms with E-state index >= 15 is 0 Å². The molecule has 2 aromatic carbocycles. The van der Waals surface area contributed by atoms with E-state index in [2.05, 4.69) is 0 Å². The van der Waals surface area contributed by atoms with Crippen LogP contribution in [0.4, 0.5) is 0 Å². The molecule has 0 aliphatic carbocycles. The van der Waals surface area contributed by atoms with Gasteiger partial charge in [0.1, 0.15) is 0 Å². The molecule has 3 aromatic rings. The van der Waals surface area contributed by atoms with Gasteiger partial charge in [0.2, 0.25) is 0 Å². The third-order valence-electron chi connectivity index (χ3n) is 2.69. The largest absolute Gasteiger partial charge is 0.453 e. The van der Waals surface area contributed by atoms with Crippen LogP contribution in [-0.4, -0.2) is 0 Å². The molecular weight excluding hydrogens is 279 g/mol. The van der Waals surface area contributed by atoms with Crippen LogP contribution in [-0.2, 0) is 0 Å². The highest BCUT2D eigenvalue weighted by Gasteiger charge is 2.13. The Kier molecular flexibility index (Phi) is 2.51. The lowest BCUT2D eigenvalue weighted by Crippen LogP contribution is -1.74. The lowest BCUT2D eigenvalue weighted by Gasteiger charge is -1.96. The molecule has 0 aliphatic rings. The molecule has 86 valence electrons. The Hall–Kier alpha value is -0.890. The number of benzene rings is 2. The van der Waals surface area contributed by atoms with E-state index in [9.17, 15) is 0 Å². The van der Waals surface area contributed by atoms with Crippen LogP contribution in [0.25, 0.3) is 21.9 Å². The monoisotopic (exact) mass is 284 g/mol. The van der Waals surface area contributed by atoms with Crippen molar-refractivity contribution in [2.75, 3.05) is 0 Å². The standard InChI is InChI=1S/C13H7Cl3O/c1-6-2-8-9-4-7(14)5-11(16)13(9)17-12(8)10(15)3-6/h2-5H,1H3. The second kappa shape index (κ2) is 3.81. The maximum absolute atomic E-state index is 6.16. The number of halogens is 3. The molecule has 0 saturated carbocycles. The van der Waals surface area contributed by atoms with E-state index in [4.69, 9.17) is 39.2 Å². The third-order valence-corrected chi connectivity index (χ3v) is 3.47. The maximum atomic E-state index is 6.16. The molecule has 0 N–H and O–H groups in total. The molecule has 0 amide bonds. The van der Waals surface area contributed by atoms with Gasteiger partial charge < -0.3 is 4.42 Å². The van der Waals surface area contributed by atoms with Crippen LogP contribution in [0.3, 0.4) is 0 Å². The number of rotatable bonds is 0. The molecule has 0 atom stereocenters. The highest BCUT2D eigenvalue weighted by atomic mass is 35.5. The molecule has 4 heteroatoms. The van der Waals surface area contributed by atoms with Crippen LogP contribution in [0, 0.1) is 6.92 Å². The molecule has 0 radical (unpaired) electrons. The summed E-state index contributed by atoms with van der Waals surface area (Å²) in [6.07, 6.45) is 0. The van der Waals surface area contributed by atoms with Gasteiger partial charge in [-0.1, -0.05) is 34.8 Å². The Balaban J connectivity index is 2.60. The number of aryl methyl sites for hydroxylation is 1. The Morgan fingerprint density at radius 3 is 2.12 bits per heavy atom. The van der Waals surface area contributed by atoms with E-state index in [1.807, 2.05) is 25.1 Å². The molecular formula is C13H7Cl3O. The Bertz CT molecular complexity index is 681. The molecule has 0 unspecified atom stereocenters. The van der Waals surface area contributed by atoms with Crippen molar-refractivity contribution in [3.63, 3.8) is 0 Å². The van der Waals surface area contributed by atoms with E-state index in [0.29, 0.717) is 26.2 Å². The van der Waals surface area contributed by atoms with Gasteiger partial charge in [0.25, 0.3) is 0 Å². The summed E-state index contributed by atoms with van der Waals surface area (Å²) in [5.41, 5.74) is 2.34. The fourth-order valence-electron chi connectivity index (χ4n) is 2.00. The molecule has 0 fully saturated rings. The number of hydrogen-bond donors (Lipinski definition) is 0. The van der Waals surface area contributed by atoms with Crippen LogP contribution < -0.4 is 0 Å². The zero-order valence-corrected chi connectivity index (χ0v) is 11.1. The van der Waals surface area contributed by atoms with Gasteiger partial charge in [-0.25, -0.2) is 0 Å². The van der Waals surface area contributed by atoms with Gasteiger partial charge in [-0.15, -0.1) is 0 Å². The Labute approximate surface area is 113 Å². The fraction of sp³-hybridized carbons (Fsp3) is 0.0769. The van der Waals surface area contributed by atoms with Crippen molar-refractivity contribution in [1.29, 1.82) is 0 Å². The fourth-order valence-corrected chi connectivity index (χ4v) is 2.84. The van der Waals surface area contributed by atoms with Gasteiger partial charge in [-0.05, 0) is 36.8 Å². The summed E-state index contributed by atoms with van der Waals surface area (Å²) in [6, 6.07) is 7.38. The van der Waals surface area contributed by atoms with Crippen LogP contribution in [0.15, 0.2) is 28.7 Å². The highest BCUT2D eigenvalue weighted by molar-refractivity contribution is 6.40. The van der Waals surface area contributed by atoms with Crippen molar-refractivity contribution in [3.05, 3.63) is 44.9 Å². The normalized spacial score (nSPS) is 11.5. The average molecular weight is 286 g/mol. The van der Waals surface area contributed by atoms with E-state index in [1.54, 1.807) is 6.07 Å². The zero-order valence-electron chi connectivity index (χ0n) is 8.85. The van der Waals surface area contributed by atoms with E-state index < -0.39 is 0 Å². The number of furan rings is 1. The van der Waals surface area contributed by atoms with Gasteiger partial charge in [0.15, 0.2) is 11.2 Å². The predicted molar refractivity (Wildman–Crippen MR) is 73.5 cm³/mol. The summed E-state index contributed by atoms with van der Waals surface area (Å²) in [5.74, 6) is 0. The lowest BCUT2D eigenvalue weighted by atomic mass is 10.1. The van der Waals surface area contributed by atoms with Crippen molar-refractivity contribution in [2.24, 2.45) is 0 Å². The topological polar surface area (TPSA) is 13.1 Å². The van der Waals surface area contributed by atoms with E-state index in [-0.39, 0.29) is 0 Å².